The summed E-state index contributed by atoms with van der Waals surface area (Å²) in [5.41, 5.74) is 0. The molecule has 19 heavy (non-hydrogen) atoms. The molecule has 0 aliphatic carbocycles. The molecule has 0 bridgehead atoms. The molecular weight excluding hydrogens is 262 g/mol. The number of nitrogens with one attached hydrogen (secondary N) is 1. The zero-order chi connectivity index (χ0) is 14.3. The van der Waals surface area contributed by atoms with Crippen LogP contribution < -0.4 is 5.32 Å². The van der Waals surface area contributed by atoms with Crippen molar-refractivity contribution in [2.75, 3.05) is 45.5 Å². The summed E-state index contributed by atoms with van der Waals surface area (Å²) in [6, 6.07) is 0.537. The third kappa shape index (κ3) is 6.21. The molecule has 1 fully saturated rings. The number of hydrogen-bond donors (Lipinski definition) is 1. The molecule has 1 aliphatic heterocycles. The lowest BCUT2D eigenvalue weighted by Crippen LogP contribution is -2.51. The highest BCUT2D eigenvalue weighted by atomic mass is 32.2. The Morgan fingerprint density at radius 2 is 1.74 bits per heavy atom. The SMILES string of the molecule is CCCNC(CCC)CN1CCN(S(C)(=O)=O)CC1. The van der Waals surface area contributed by atoms with Crippen LogP contribution >= 0.6 is 0 Å². The smallest absolute Gasteiger partial charge is 0.211 e. The molecule has 1 heterocycles. The average Bonchev–Trinajstić information content (AvgIpc) is 2.36. The van der Waals surface area contributed by atoms with E-state index >= 15 is 0 Å². The first-order valence-electron chi connectivity index (χ1n) is 7.38. The van der Waals surface area contributed by atoms with Crippen molar-refractivity contribution in [3.05, 3.63) is 0 Å². The summed E-state index contributed by atoms with van der Waals surface area (Å²) in [5.74, 6) is 0. The lowest BCUT2D eigenvalue weighted by Gasteiger charge is -2.35. The largest absolute Gasteiger partial charge is 0.313 e. The van der Waals surface area contributed by atoms with Crippen molar-refractivity contribution >= 4 is 10.0 Å². The fourth-order valence-electron chi connectivity index (χ4n) is 2.51. The Morgan fingerprint density at radius 1 is 1.11 bits per heavy atom. The van der Waals surface area contributed by atoms with E-state index in [1.807, 2.05) is 0 Å². The quantitative estimate of drug-likeness (QED) is 0.716. The van der Waals surface area contributed by atoms with Crippen LogP contribution in [0.3, 0.4) is 0 Å². The van der Waals surface area contributed by atoms with Crippen LogP contribution in [-0.4, -0.2) is 69.2 Å². The third-order valence-corrected chi connectivity index (χ3v) is 4.90. The Morgan fingerprint density at radius 3 is 2.21 bits per heavy atom. The molecule has 1 saturated heterocycles. The summed E-state index contributed by atoms with van der Waals surface area (Å²) in [5, 5.41) is 3.59. The first-order valence-corrected chi connectivity index (χ1v) is 9.23. The van der Waals surface area contributed by atoms with E-state index in [-0.39, 0.29) is 0 Å². The minimum Gasteiger partial charge on any atom is -0.313 e. The van der Waals surface area contributed by atoms with Gasteiger partial charge >= 0.3 is 0 Å². The van der Waals surface area contributed by atoms with Gasteiger partial charge in [-0.2, -0.15) is 4.31 Å². The highest BCUT2D eigenvalue weighted by molar-refractivity contribution is 7.88. The molecular formula is C13H29N3O2S. The molecule has 114 valence electrons. The van der Waals surface area contributed by atoms with Crippen LogP contribution in [0.4, 0.5) is 0 Å². The standard InChI is InChI=1S/C13H29N3O2S/c1-4-6-13(14-7-5-2)12-15-8-10-16(11-9-15)19(3,17)18/h13-14H,4-12H2,1-3H3. The van der Waals surface area contributed by atoms with Gasteiger partial charge in [0.2, 0.25) is 10.0 Å². The topological polar surface area (TPSA) is 52.6 Å². The van der Waals surface area contributed by atoms with Crippen molar-refractivity contribution in [2.24, 2.45) is 0 Å². The van der Waals surface area contributed by atoms with Crippen LogP contribution in [-0.2, 0) is 10.0 Å². The predicted molar refractivity (Wildman–Crippen MR) is 79.8 cm³/mol. The van der Waals surface area contributed by atoms with Gasteiger partial charge in [0.05, 0.1) is 6.26 Å². The van der Waals surface area contributed by atoms with Gasteiger partial charge in [0.25, 0.3) is 0 Å². The summed E-state index contributed by atoms with van der Waals surface area (Å²) in [7, 11) is -3.01. The summed E-state index contributed by atoms with van der Waals surface area (Å²) >= 11 is 0. The molecule has 0 amide bonds. The first-order chi connectivity index (χ1) is 8.97. The third-order valence-electron chi connectivity index (χ3n) is 3.60. The highest BCUT2D eigenvalue weighted by Gasteiger charge is 2.24. The Balaban J connectivity index is 2.37. The van der Waals surface area contributed by atoms with Gasteiger partial charge in [-0.1, -0.05) is 20.3 Å². The maximum absolute atomic E-state index is 11.5. The van der Waals surface area contributed by atoms with E-state index in [9.17, 15) is 8.42 Å². The van der Waals surface area contributed by atoms with Gasteiger partial charge in [0, 0.05) is 38.8 Å². The van der Waals surface area contributed by atoms with Gasteiger partial charge in [0.1, 0.15) is 0 Å². The number of sulfonamides is 1. The van der Waals surface area contributed by atoms with Crippen LogP contribution in [0.15, 0.2) is 0 Å². The highest BCUT2D eigenvalue weighted by Crippen LogP contribution is 2.08. The number of rotatable bonds is 8. The molecule has 0 saturated carbocycles. The van der Waals surface area contributed by atoms with E-state index in [2.05, 4.69) is 24.1 Å². The average molecular weight is 291 g/mol. The predicted octanol–water partition coefficient (Wildman–Crippen LogP) is 0.732. The number of hydrogen-bond acceptors (Lipinski definition) is 4. The Labute approximate surface area is 118 Å². The molecule has 1 N–H and O–H groups in total. The zero-order valence-electron chi connectivity index (χ0n) is 12.6. The van der Waals surface area contributed by atoms with Crippen LogP contribution in [0.1, 0.15) is 33.1 Å². The molecule has 0 radical (unpaired) electrons. The van der Waals surface area contributed by atoms with Crippen molar-refractivity contribution in [3.63, 3.8) is 0 Å². The molecule has 5 nitrogen and oxygen atoms in total. The fraction of sp³-hybridized carbons (Fsp3) is 1.00. The molecule has 6 heteroatoms. The fourth-order valence-corrected chi connectivity index (χ4v) is 3.34. The number of piperazine rings is 1. The maximum atomic E-state index is 11.5. The molecule has 0 aromatic heterocycles. The van der Waals surface area contributed by atoms with Crippen LogP contribution in [0.2, 0.25) is 0 Å². The minimum absolute atomic E-state index is 0.537. The second-order valence-corrected chi connectivity index (χ2v) is 7.38. The summed E-state index contributed by atoms with van der Waals surface area (Å²) in [6.07, 6.45) is 4.82. The molecule has 0 aromatic carbocycles. The molecule has 1 unspecified atom stereocenters. The molecule has 1 atom stereocenters. The van der Waals surface area contributed by atoms with Gasteiger partial charge in [-0.3, -0.25) is 4.90 Å². The monoisotopic (exact) mass is 291 g/mol. The van der Waals surface area contributed by atoms with E-state index < -0.39 is 10.0 Å². The van der Waals surface area contributed by atoms with E-state index in [0.717, 1.165) is 32.6 Å². The first kappa shape index (κ1) is 16.9. The van der Waals surface area contributed by atoms with Crippen molar-refractivity contribution < 1.29 is 8.42 Å². The van der Waals surface area contributed by atoms with E-state index in [1.54, 1.807) is 4.31 Å². The van der Waals surface area contributed by atoms with Crippen molar-refractivity contribution in [1.82, 2.24) is 14.5 Å². The van der Waals surface area contributed by atoms with E-state index in [4.69, 9.17) is 0 Å². The second kappa shape index (κ2) is 8.19. The lowest BCUT2D eigenvalue weighted by atomic mass is 10.1. The normalized spacial score (nSPS) is 20.6. The number of nitrogens with zero attached hydrogens (tertiary/aromatic N) is 2. The van der Waals surface area contributed by atoms with Crippen LogP contribution in [0, 0.1) is 0 Å². The van der Waals surface area contributed by atoms with Gasteiger partial charge < -0.3 is 5.32 Å². The minimum atomic E-state index is -3.01. The van der Waals surface area contributed by atoms with Crippen molar-refractivity contribution in [1.29, 1.82) is 0 Å². The summed E-state index contributed by atoms with van der Waals surface area (Å²) < 4.78 is 24.5. The Bertz CT molecular complexity index is 338. The lowest BCUT2D eigenvalue weighted by molar-refractivity contribution is 0.170. The van der Waals surface area contributed by atoms with E-state index in [1.165, 1.54) is 19.1 Å². The summed E-state index contributed by atoms with van der Waals surface area (Å²) in [4.78, 5) is 2.38. The zero-order valence-corrected chi connectivity index (χ0v) is 13.4. The molecule has 0 aromatic rings. The van der Waals surface area contributed by atoms with Crippen molar-refractivity contribution in [3.8, 4) is 0 Å². The van der Waals surface area contributed by atoms with Gasteiger partial charge in [0.15, 0.2) is 0 Å². The summed E-state index contributed by atoms with van der Waals surface area (Å²) in [6.45, 7) is 9.45. The maximum Gasteiger partial charge on any atom is 0.211 e. The van der Waals surface area contributed by atoms with E-state index in [0.29, 0.717) is 19.1 Å². The molecule has 1 rings (SSSR count). The molecule has 0 spiro atoms. The van der Waals surface area contributed by atoms with Crippen LogP contribution in [0.25, 0.3) is 0 Å². The Kier molecular flexibility index (Phi) is 7.28. The molecule has 1 aliphatic rings. The van der Waals surface area contributed by atoms with Crippen molar-refractivity contribution in [2.45, 2.75) is 39.2 Å². The Hall–Kier alpha value is -0.170. The van der Waals surface area contributed by atoms with Gasteiger partial charge in [-0.15, -0.1) is 0 Å². The van der Waals surface area contributed by atoms with Gasteiger partial charge in [-0.25, -0.2) is 8.42 Å². The second-order valence-electron chi connectivity index (χ2n) is 5.40. The van der Waals surface area contributed by atoms with Gasteiger partial charge in [-0.05, 0) is 19.4 Å². The van der Waals surface area contributed by atoms with Crippen LogP contribution in [0.5, 0.6) is 0 Å².